The number of carboxylic acids is 1. The lowest BCUT2D eigenvalue weighted by atomic mass is 10.5. The zero-order valence-electron chi connectivity index (χ0n) is 5.81. The maximum absolute atomic E-state index is 10.4. The van der Waals surface area contributed by atoms with Crippen LogP contribution in [0.15, 0.2) is 6.20 Å². The van der Waals surface area contributed by atoms with Crippen molar-refractivity contribution in [3.8, 4) is 0 Å². The quantitative estimate of drug-likeness (QED) is 0.698. The van der Waals surface area contributed by atoms with E-state index < -0.39 is 5.97 Å². The molecule has 60 valence electrons. The summed E-state index contributed by atoms with van der Waals surface area (Å²) in [5.41, 5.74) is 0. The molecule has 1 aromatic heterocycles. The minimum absolute atomic E-state index is 0.00750. The second-order valence-electron chi connectivity index (χ2n) is 2.04. The zero-order chi connectivity index (χ0) is 8.43. The number of aromatic carboxylic acids is 1. The second-order valence-corrected chi connectivity index (χ2v) is 3.88. The molecule has 0 amide bonds. The summed E-state index contributed by atoms with van der Waals surface area (Å²) >= 11 is 5.29. The molecule has 1 rings (SSSR count). The predicted octanol–water partition coefficient (Wildman–Crippen LogP) is 1.83. The monoisotopic (exact) mass is 189 g/mol. The number of thiol groups is 1. The van der Waals surface area contributed by atoms with Crippen molar-refractivity contribution in [2.24, 2.45) is 0 Å². The average molecular weight is 189 g/mol. The first kappa shape index (κ1) is 8.55. The number of nitrogens with zero attached hydrogens (tertiary/aromatic N) is 1. The fourth-order valence-corrected chi connectivity index (χ4v) is 1.50. The van der Waals surface area contributed by atoms with E-state index in [-0.39, 0.29) is 10.1 Å². The zero-order valence-corrected chi connectivity index (χ0v) is 7.52. The van der Waals surface area contributed by atoms with Gasteiger partial charge in [-0.2, -0.15) is 12.6 Å². The van der Waals surface area contributed by atoms with Gasteiger partial charge in [-0.05, 0) is 6.92 Å². The summed E-state index contributed by atoms with van der Waals surface area (Å²) < 4.78 is 0. The number of rotatable bonds is 2. The number of carboxylic acid groups (broad SMARTS) is 1. The van der Waals surface area contributed by atoms with Crippen LogP contribution in [-0.4, -0.2) is 16.1 Å². The van der Waals surface area contributed by atoms with Gasteiger partial charge < -0.3 is 5.11 Å². The number of aromatic nitrogens is 1. The predicted molar refractivity (Wildman–Crippen MR) is 46.5 cm³/mol. The van der Waals surface area contributed by atoms with Crippen LogP contribution in [-0.2, 0) is 0 Å². The molecule has 0 aliphatic carbocycles. The molecule has 3 nitrogen and oxygen atoms in total. The smallest absolute Gasteiger partial charge is 0.347 e. The van der Waals surface area contributed by atoms with Gasteiger partial charge in [0.1, 0.15) is 9.88 Å². The van der Waals surface area contributed by atoms with E-state index in [0.717, 1.165) is 16.3 Å². The van der Waals surface area contributed by atoms with Gasteiger partial charge in [-0.15, -0.1) is 11.3 Å². The van der Waals surface area contributed by atoms with Crippen molar-refractivity contribution in [3.05, 3.63) is 16.1 Å². The minimum atomic E-state index is -0.928. The summed E-state index contributed by atoms with van der Waals surface area (Å²) in [6.45, 7) is 1.85. The summed E-state index contributed by atoms with van der Waals surface area (Å²) in [4.78, 5) is 14.5. The van der Waals surface area contributed by atoms with Crippen LogP contribution in [0.25, 0.3) is 0 Å². The Balaban J connectivity index is 2.90. The highest BCUT2D eigenvalue weighted by Gasteiger charge is 2.10. The molecule has 1 heterocycles. The molecular weight excluding hydrogens is 182 g/mol. The third kappa shape index (κ3) is 1.94. The highest BCUT2D eigenvalue weighted by molar-refractivity contribution is 7.80. The van der Waals surface area contributed by atoms with Gasteiger partial charge in [0, 0.05) is 0 Å². The molecule has 0 fully saturated rings. The first-order valence-electron chi connectivity index (χ1n) is 2.98. The van der Waals surface area contributed by atoms with Crippen molar-refractivity contribution < 1.29 is 9.90 Å². The molecule has 1 atom stereocenters. The van der Waals surface area contributed by atoms with Crippen LogP contribution in [0.1, 0.15) is 26.9 Å². The summed E-state index contributed by atoms with van der Waals surface area (Å²) in [5, 5.41) is 9.27. The molecule has 0 aliphatic heterocycles. The molecule has 0 aliphatic rings. The van der Waals surface area contributed by atoms with E-state index in [0.29, 0.717) is 0 Å². The van der Waals surface area contributed by atoms with E-state index in [4.69, 9.17) is 5.11 Å². The van der Waals surface area contributed by atoms with Crippen molar-refractivity contribution in [2.45, 2.75) is 12.2 Å². The summed E-state index contributed by atoms with van der Waals surface area (Å²) in [6, 6.07) is 0. The van der Waals surface area contributed by atoms with Crippen LogP contribution in [0, 0.1) is 0 Å². The first-order chi connectivity index (χ1) is 5.11. The van der Waals surface area contributed by atoms with Crippen LogP contribution in [0.4, 0.5) is 0 Å². The van der Waals surface area contributed by atoms with E-state index in [2.05, 4.69) is 17.6 Å². The maximum atomic E-state index is 10.4. The van der Waals surface area contributed by atoms with Crippen LogP contribution >= 0.6 is 24.0 Å². The van der Waals surface area contributed by atoms with Gasteiger partial charge in [-0.1, -0.05) is 0 Å². The summed E-state index contributed by atoms with van der Waals surface area (Å²) in [6.07, 6.45) is 1.36. The molecule has 0 saturated heterocycles. The van der Waals surface area contributed by atoms with Crippen molar-refractivity contribution >= 4 is 29.9 Å². The van der Waals surface area contributed by atoms with E-state index in [1.54, 1.807) is 0 Å². The van der Waals surface area contributed by atoms with E-state index in [9.17, 15) is 4.79 Å². The second kappa shape index (κ2) is 3.23. The third-order valence-corrected chi connectivity index (χ3v) is 2.68. The Bertz CT molecular complexity index is 269. The van der Waals surface area contributed by atoms with Crippen LogP contribution in [0.3, 0.4) is 0 Å². The molecule has 0 saturated carbocycles. The normalized spacial score (nSPS) is 12.9. The molecule has 1 N–H and O–H groups in total. The number of carbonyl (C=O) groups is 1. The third-order valence-electron chi connectivity index (χ3n) is 1.09. The van der Waals surface area contributed by atoms with Crippen molar-refractivity contribution in [2.75, 3.05) is 0 Å². The number of hydrogen-bond acceptors (Lipinski definition) is 4. The molecule has 0 spiro atoms. The Morgan fingerprint density at radius 1 is 1.91 bits per heavy atom. The Morgan fingerprint density at radius 2 is 2.55 bits per heavy atom. The Hall–Kier alpha value is -0.550. The average Bonchev–Trinajstić information content (AvgIpc) is 2.33. The van der Waals surface area contributed by atoms with Crippen LogP contribution in [0.5, 0.6) is 0 Å². The van der Waals surface area contributed by atoms with E-state index >= 15 is 0 Å². The molecule has 0 radical (unpaired) electrons. The fraction of sp³-hybridized carbons (Fsp3) is 0.333. The van der Waals surface area contributed by atoms with Gasteiger partial charge in [0.25, 0.3) is 0 Å². The van der Waals surface area contributed by atoms with Gasteiger partial charge in [0.05, 0.1) is 11.4 Å². The molecule has 0 aromatic carbocycles. The molecule has 0 bridgehead atoms. The standard InChI is InChI=1S/C6H7NO2S2/c1-3(10)5-7-2-4(11-5)6(8)9/h2-3,10H,1H3,(H,8,9). The Morgan fingerprint density at radius 3 is 2.82 bits per heavy atom. The molecule has 5 heteroatoms. The SMILES string of the molecule is CC(S)c1ncc(C(=O)O)s1. The largest absolute Gasteiger partial charge is 0.477 e. The highest BCUT2D eigenvalue weighted by Crippen LogP contribution is 2.23. The lowest BCUT2D eigenvalue weighted by molar-refractivity contribution is 0.0702. The molecule has 1 unspecified atom stereocenters. The molecule has 1 aromatic rings. The topological polar surface area (TPSA) is 50.2 Å². The lowest BCUT2D eigenvalue weighted by Crippen LogP contribution is -1.89. The van der Waals surface area contributed by atoms with Gasteiger partial charge in [0.2, 0.25) is 0 Å². The summed E-state index contributed by atoms with van der Waals surface area (Å²) in [5.74, 6) is -0.928. The van der Waals surface area contributed by atoms with E-state index in [1.165, 1.54) is 6.20 Å². The first-order valence-corrected chi connectivity index (χ1v) is 4.31. The van der Waals surface area contributed by atoms with Crippen molar-refractivity contribution in [1.82, 2.24) is 4.98 Å². The maximum Gasteiger partial charge on any atom is 0.347 e. The molecule has 11 heavy (non-hydrogen) atoms. The number of hydrogen-bond donors (Lipinski definition) is 2. The Labute approximate surface area is 73.5 Å². The van der Waals surface area contributed by atoms with Crippen molar-refractivity contribution in [3.63, 3.8) is 0 Å². The van der Waals surface area contributed by atoms with E-state index in [1.807, 2.05) is 6.92 Å². The number of thiazole rings is 1. The van der Waals surface area contributed by atoms with Gasteiger partial charge >= 0.3 is 5.97 Å². The van der Waals surface area contributed by atoms with Crippen LogP contribution < -0.4 is 0 Å². The van der Waals surface area contributed by atoms with Crippen LogP contribution in [0.2, 0.25) is 0 Å². The van der Waals surface area contributed by atoms with Gasteiger partial charge in [0.15, 0.2) is 0 Å². The highest BCUT2D eigenvalue weighted by atomic mass is 32.1. The summed E-state index contributed by atoms with van der Waals surface area (Å²) in [7, 11) is 0. The lowest BCUT2D eigenvalue weighted by Gasteiger charge is -1.93. The van der Waals surface area contributed by atoms with Gasteiger partial charge in [-0.25, -0.2) is 9.78 Å². The van der Waals surface area contributed by atoms with Crippen molar-refractivity contribution in [1.29, 1.82) is 0 Å². The molecular formula is C6H7NO2S2. The van der Waals surface area contributed by atoms with Gasteiger partial charge in [-0.3, -0.25) is 0 Å². The minimum Gasteiger partial charge on any atom is -0.477 e. The Kier molecular flexibility index (Phi) is 2.51. The fourth-order valence-electron chi connectivity index (χ4n) is 0.580.